The zero-order chi connectivity index (χ0) is 29.7. The van der Waals surface area contributed by atoms with Crippen molar-refractivity contribution in [1.82, 2.24) is 14.9 Å². The molecule has 9 heteroatoms. The van der Waals surface area contributed by atoms with Gasteiger partial charge in [0.15, 0.2) is 6.61 Å². The Morgan fingerprint density at radius 1 is 1.00 bits per heavy atom. The van der Waals surface area contributed by atoms with Gasteiger partial charge in [-0.25, -0.2) is 4.79 Å². The molecule has 2 heterocycles. The molecule has 2 atom stereocenters. The van der Waals surface area contributed by atoms with E-state index in [4.69, 9.17) is 9.47 Å². The lowest BCUT2D eigenvalue weighted by molar-refractivity contribution is -0.134. The van der Waals surface area contributed by atoms with Gasteiger partial charge in [0.1, 0.15) is 5.60 Å². The van der Waals surface area contributed by atoms with Crippen molar-refractivity contribution in [2.24, 2.45) is 0 Å². The number of ether oxygens (including phenoxy) is 2. The van der Waals surface area contributed by atoms with Crippen LogP contribution in [0.3, 0.4) is 0 Å². The highest BCUT2D eigenvalue weighted by Gasteiger charge is 2.30. The number of likely N-dealkylation sites (N-methyl/N-ethyl adjacent to an activating group) is 1. The van der Waals surface area contributed by atoms with E-state index in [-0.39, 0.29) is 30.6 Å². The predicted molar refractivity (Wildman–Crippen MR) is 161 cm³/mol. The molecule has 0 radical (unpaired) electrons. The van der Waals surface area contributed by atoms with Crippen molar-refractivity contribution in [3.63, 3.8) is 0 Å². The second-order valence-electron chi connectivity index (χ2n) is 11.6. The fourth-order valence-corrected chi connectivity index (χ4v) is 5.13. The zero-order valence-corrected chi connectivity index (χ0v) is 25.1. The number of carbonyl (C=O) groups excluding carboxylic acids is 2. The van der Waals surface area contributed by atoms with Gasteiger partial charge in [-0.3, -0.25) is 10.1 Å². The van der Waals surface area contributed by atoms with Gasteiger partial charge in [0.2, 0.25) is 0 Å². The van der Waals surface area contributed by atoms with Crippen molar-refractivity contribution in [2.45, 2.75) is 72.1 Å². The number of piperidine rings is 1. The van der Waals surface area contributed by atoms with Crippen LogP contribution in [0.1, 0.15) is 51.9 Å². The summed E-state index contributed by atoms with van der Waals surface area (Å²) in [5, 5.41) is 2.70. The molecule has 1 saturated heterocycles. The van der Waals surface area contributed by atoms with Crippen LogP contribution in [0.5, 0.6) is 6.01 Å². The molecular formula is C32H41N5O4. The summed E-state index contributed by atoms with van der Waals surface area (Å²) in [5.41, 5.74) is 4.49. The first-order valence-corrected chi connectivity index (χ1v) is 14.1. The standard InChI is InChI=1S/C32H41N5O4/c1-21-19-27(17-18-37(21)26-15-13-25(14-16-26)24-11-9-8-10-12-24)36(7)28(38)20-40-30-33-22(2)29(23(3)34-30)35-31(39)41-32(4,5)6/h8-16,21,27H,17-20H2,1-7H3,(H,35,39). The lowest BCUT2D eigenvalue weighted by Crippen LogP contribution is -2.50. The molecule has 9 nitrogen and oxygen atoms in total. The Labute approximate surface area is 242 Å². The van der Waals surface area contributed by atoms with E-state index >= 15 is 0 Å². The van der Waals surface area contributed by atoms with Crippen LogP contribution >= 0.6 is 0 Å². The molecule has 1 aromatic heterocycles. The van der Waals surface area contributed by atoms with E-state index < -0.39 is 11.7 Å². The molecule has 0 saturated carbocycles. The highest BCUT2D eigenvalue weighted by molar-refractivity contribution is 5.86. The maximum Gasteiger partial charge on any atom is 0.412 e. The largest absolute Gasteiger partial charge is 0.453 e. The third-order valence-electron chi connectivity index (χ3n) is 7.30. The Balaban J connectivity index is 1.30. The fourth-order valence-electron chi connectivity index (χ4n) is 5.13. The highest BCUT2D eigenvalue weighted by Crippen LogP contribution is 2.29. The zero-order valence-electron chi connectivity index (χ0n) is 25.1. The van der Waals surface area contributed by atoms with Crippen LogP contribution in [0, 0.1) is 13.8 Å². The molecule has 1 aliphatic rings. The monoisotopic (exact) mass is 559 g/mol. The van der Waals surface area contributed by atoms with Crippen LogP contribution in [-0.4, -0.2) is 64.8 Å². The molecule has 218 valence electrons. The SMILES string of the molecule is Cc1nc(OCC(=O)N(C)C2CCN(c3ccc(-c4ccccc4)cc3)C(C)C2)nc(C)c1NC(=O)OC(C)(C)C. The van der Waals surface area contributed by atoms with Crippen LogP contribution in [0.2, 0.25) is 0 Å². The number of hydrogen-bond acceptors (Lipinski definition) is 7. The summed E-state index contributed by atoms with van der Waals surface area (Å²) in [4.78, 5) is 38.0. The van der Waals surface area contributed by atoms with Crippen molar-refractivity contribution in [3.8, 4) is 17.1 Å². The summed E-state index contributed by atoms with van der Waals surface area (Å²) in [7, 11) is 1.83. The van der Waals surface area contributed by atoms with E-state index in [1.165, 1.54) is 16.8 Å². The van der Waals surface area contributed by atoms with Gasteiger partial charge in [-0.1, -0.05) is 42.5 Å². The van der Waals surface area contributed by atoms with Crippen LogP contribution in [0.4, 0.5) is 16.2 Å². The maximum absolute atomic E-state index is 13.0. The minimum atomic E-state index is -0.620. The molecule has 2 unspecified atom stereocenters. The number of nitrogens with one attached hydrogen (secondary N) is 1. The van der Waals surface area contributed by atoms with Gasteiger partial charge < -0.3 is 19.3 Å². The molecule has 1 aliphatic heterocycles. The first-order chi connectivity index (χ1) is 19.4. The van der Waals surface area contributed by atoms with E-state index in [0.717, 1.165) is 19.4 Å². The number of amides is 2. The first kappa shape index (κ1) is 29.8. The number of carbonyl (C=O) groups is 2. The van der Waals surface area contributed by atoms with Crippen molar-refractivity contribution < 1.29 is 19.1 Å². The smallest absolute Gasteiger partial charge is 0.412 e. The molecule has 1 N–H and O–H groups in total. The Kier molecular flexibility index (Phi) is 9.15. The Bertz CT molecular complexity index is 1330. The molecule has 0 spiro atoms. The minimum Gasteiger partial charge on any atom is -0.453 e. The quantitative estimate of drug-likeness (QED) is 0.379. The Hall–Kier alpha value is -4.14. The summed E-state index contributed by atoms with van der Waals surface area (Å²) >= 11 is 0. The lowest BCUT2D eigenvalue weighted by Gasteiger charge is -2.42. The second-order valence-corrected chi connectivity index (χ2v) is 11.6. The average molecular weight is 560 g/mol. The van der Waals surface area contributed by atoms with Gasteiger partial charge in [-0.15, -0.1) is 0 Å². The molecular weight excluding hydrogens is 518 g/mol. The maximum atomic E-state index is 13.0. The third-order valence-corrected chi connectivity index (χ3v) is 7.30. The molecule has 41 heavy (non-hydrogen) atoms. The van der Waals surface area contributed by atoms with E-state index in [1.54, 1.807) is 39.5 Å². The molecule has 2 amide bonds. The lowest BCUT2D eigenvalue weighted by atomic mass is 9.96. The third kappa shape index (κ3) is 7.74. The van der Waals surface area contributed by atoms with E-state index in [0.29, 0.717) is 17.1 Å². The van der Waals surface area contributed by atoms with Crippen LogP contribution in [0.15, 0.2) is 54.6 Å². The molecule has 1 fully saturated rings. The van der Waals surface area contributed by atoms with Gasteiger partial charge in [0, 0.05) is 31.4 Å². The van der Waals surface area contributed by atoms with Crippen LogP contribution in [-0.2, 0) is 9.53 Å². The summed E-state index contributed by atoms with van der Waals surface area (Å²) in [6.07, 6.45) is 1.15. The van der Waals surface area contributed by atoms with Gasteiger partial charge >= 0.3 is 12.1 Å². The summed E-state index contributed by atoms with van der Waals surface area (Å²) in [6.45, 7) is 11.8. The number of anilines is 2. The van der Waals surface area contributed by atoms with Crippen molar-refractivity contribution in [3.05, 3.63) is 66.0 Å². The molecule has 4 rings (SSSR count). The minimum absolute atomic E-state index is 0.0959. The van der Waals surface area contributed by atoms with Gasteiger partial charge in [0.25, 0.3) is 5.91 Å². The van der Waals surface area contributed by atoms with E-state index in [2.05, 4.69) is 75.6 Å². The normalized spacial score (nSPS) is 17.1. The van der Waals surface area contributed by atoms with E-state index in [9.17, 15) is 9.59 Å². The molecule has 0 bridgehead atoms. The number of rotatable bonds is 7. The topological polar surface area (TPSA) is 96.9 Å². The highest BCUT2D eigenvalue weighted by atomic mass is 16.6. The fraction of sp³-hybridized carbons (Fsp3) is 0.438. The van der Waals surface area contributed by atoms with Crippen molar-refractivity contribution in [2.75, 3.05) is 30.4 Å². The number of hydrogen-bond donors (Lipinski definition) is 1. The Morgan fingerprint density at radius 2 is 1.61 bits per heavy atom. The number of benzene rings is 2. The van der Waals surface area contributed by atoms with Crippen LogP contribution < -0.4 is 15.0 Å². The first-order valence-electron chi connectivity index (χ1n) is 14.1. The van der Waals surface area contributed by atoms with Crippen LogP contribution in [0.25, 0.3) is 11.1 Å². The molecule has 2 aromatic carbocycles. The Morgan fingerprint density at radius 3 is 2.20 bits per heavy atom. The summed E-state index contributed by atoms with van der Waals surface area (Å²) in [6, 6.07) is 19.6. The second kappa shape index (κ2) is 12.6. The van der Waals surface area contributed by atoms with E-state index in [1.807, 2.05) is 13.1 Å². The van der Waals surface area contributed by atoms with Crippen molar-refractivity contribution >= 4 is 23.4 Å². The number of nitrogens with zero attached hydrogens (tertiary/aromatic N) is 4. The summed E-state index contributed by atoms with van der Waals surface area (Å²) < 4.78 is 11.0. The van der Waals surface area contributed by atoms with Gasteiger partial charge in [-0.2, -0.15) is 9.97 Å². The molecule has 3 aromatic rings. The van der Waals surface area contributed by atoms with Gasteiger partial charge in [0.05, 0.1) is 17.1 Å². The predicted octanol–water partition coefficient (Wildman–Crippen LogP) is 6.00. The summed E-state index contributed by atoms with van der Waals surface area (Å²) in [5.74, 6) is -0.127. The van der Waals surface area contributed by atoms with Gasteiger partial charge in [-0.05, 0) is 77.6 Å². The average Bonchev–Trinajstić information content (AvgIpc) is 2.93. The molecule has 0 aliphatic carbocycles. The van der Waals surface area contributed by atoms with Crippen molar-refractivity contribution in [1.29, 1.82) is 0 Å². The number of aromatic nitrogens is 2. The number of aryl methyl sites for hydroxylation is 2.